The number of nitrogens with one attached hydrogen (secondary N) is 1. The van der Waals surface area contributed by atoms with Crippen LogP contribution in [0.4, 0.5) is 5.82 Å². The maximum absolute atomic E-state index is 13.3. The molecule has 2 amide bonds. The Morgan fingerprint density at radius 2 is 1.83 bits per heavy atom. The first-order valence-corrected chi connectivity index (χ1v) is 10.9. The lowest BCUT2D eigenvalue weighted by atomic mass is 10.1. The lowest BCUT2D eigenvalue weighted by molar-refractivity contribution is -0.127. The van der Waals surface area contributed by atoms with Crippen LogP contribution < -0.4 is 9.75 Å². The first-order valence-electron chi connectivity index (χ1n) is 10.9. The summed E-state index contributed by atoms with van der Waals surface area (Å²) in [6.07, 6.45) is 4.32. The summed E-state index contributed by atoms with van der Waals surface area (Å²) >= 11 is 0. The van der Waals surface area contributed by atoms with Gasteiger partial charge in [0.25, 0.3) is 17.6 Å². The van der Waals surface area contributed by atoms with Gasteiger partial charge in [-0.25, -0.2) is 9.99 Å². The first-order chi connectivity index (χ1) is 17.0. The number of ketones is 1. The fraction of sp³-hybridized carbons (Fsp3) is 0.250. The van der Waals surface area contributed by atoms with Crippen LogP contribution in [0.15, 0.2) is 52.8 Å². The molecule has 1 N–H and O–H groups in total. The minimum atomic E-state index is -0.684. The van der Waals surface area contributed by atoms with Gasteiger partial charge < -0.3 is 19.5 Å². The van der Waals surface area contributed by atoms with Crippen LogP contribution in [-0.4, -0.2) is 90.8 Å². The van der Waals surface area contributed by atoms with Crippen molar-refractivity contribution in [2.45, 2.75) is 0 Å². The summed E-state index contributed by atoms with van der Waals surface area (Å²) in [5, 5.41) is 5.63. The number of hydrogen-bond donors (Lipinski definition) is 1. The molecule has 0 spiro atoms. The molecule has 0 unspecified atom stereocenters. The number of amides is 2. The summed E-state index contributed by atoms with van der Waals surface area (Å²) in [7, 11) is 3.04. The highest BCUT2D eigenvalue weighted by Crippen LogP contribution is 2.34. The molecule has 2 aromatic heterocycles. The van der Waals surface area contributed by atoms with Crippen molar-refractivity contribution in [1.82, 2.24) is 19.8 Å². The van der Waals surface area contributed by atoms with Crippen molar-refractivity contribution < 1.29 is 19.1 Å². The lowest BCUT2D eigenvalue weighted by Gasteiger charge is -2.34. The Labute approximate surface area is 201 Å². The zero-order valence-electron chi connectivity index (χ0n) is 19.5. The smallest absolute Gasteiger partial charge is 0.295 e. The van der Waals surface area contributed by atoms with E-state index in [9.17, 15) is 14.4 Å². The number of aliphatic imine (C=N–C) groups is 1. The zero-order valence-corrected chi connectivity index (χ0v) is 19.5. The number of nitrogens with zero attached hydrogens (tertiary/aromatic N) is 6. The summed E-state index contributed by atoms with van der Waals surface area (Å²) in [6, 6.07) is 8.97. The Hall–Kier alpha value is -4.54. The highest BCUT2D eigenvalue weighted by Gasteiger charge is 2.31. The summed E-state index contributed by atoms with van der Waals surface area (Å²) in [5.74, 6) is -0.747. The normalized spacial score (nSPS) is 13.8. The van der Waals surface area contributed by atoms with Gasteiger partial charge in [-0.15, -0.1) is 0 Å². The van der Waals surface area contributed by atoms with Gasteiger partial charge in [0.1, 0.15) is 12.1 Å². The van der Waals surface area contributed by atoms with Gasteiger partial charge in [0.15, 0.2) is 5.82 Å². The third kappa shape index (κ3) is 4.47. The van der Waals surface area contributed by atoms with Crippen LogP contribution in [0.3, 0.4) is 0 Å². The highest BCUT2D eigenvalue weighted by molar-refractivity contribution is 6.45. The fourth-order valence-electron chi connectivity index (χ4n) is 4.01. The number of methoxy groups -OCH3 is 1. The third-order valence-electron chi connectivity index (χ3n) is 5.78. The fourth-order valence-corrected chi connectivity index (χ4v) is 4.01. The van der Waals surface area contributed by atoms with Gasteiger partial charge in [-0.3, -0.25) is 19.4 Å². The van der Waals surface area contributed by atoms with Gasteiger partial charge in [0, 0.05) is 51.7 Å². The van der Waals surface area contributed by atoms with Gasteiger partial charge in [-0.1, -0.05) is 18.2 Å². The van der Waals surface area contributed by atoms with E-state index in [0.717, 1.165) is 0 Å². The van der Waals surface area contributed by atoms with Gasteiger partial charge in [-0.05, 0) is 12.1 Å². The minimum Gasteiger partial charge on any atom is -0.494 e. The molecule has 3 heterocycles. The molecule has 1 aliphatic rings. The highest BCUT2D eigenvalue weighted by atomic mass is 16.5. The monoisotopic (exact) mass is 475 g/mol. The van der Waals surface area contributed by atoms with Crippen molar-refractivity contribution in [3.05, 3.63) is 53.9 Å². The number of anilines is 1. The number of aromatic amines is 1. The van der Waals surface area contributed by atoms with Crippen LogP contribution in [0, 0.1) is 0 Å². The summed E-state index contributed by atoms with van der Waals surface area (Å²) < 4.78 is 5.41. The molecule has 4 rings (SSSR count). The van der Waals surface area contributed by atoms with E-state index in [1.54, 1.807) is 24.1 Å². The maximum atomic E-state index is 13.3. The van der Waals surface area contributed by atoms with E-state index in [4.69, 9.17) is 4.74 Å². The molecule has 1 aliphatic heterocycles. The number of carbonyl (C=O) groups is 3. The standard InChI is InChI=1S/C24H25N7O4/c1-25-15-31(26-2)22-20-19(18(35-3)14-28-22)17(13-27-20)21(32)24(34)30-11-9-29(10-12-30)23(33)16-7-5-4-6-8-16/h4-8,13-15,27H,2,9-12H2,1,3H3. The predicted molar refractivity (Wildman–Crippen MR) is 132 cm³/mol. The summed E-state index contributed by atoms with van der Waals surface area (Å²) in [6.45, 7) is 4.72. The molecule has 0 aliphatic carbocycles. The summed E-state index contributed by atoms with van der Waals surface area (Å²) in [5.41, 5.74) is 1.20. The van der Waals surface area contributed by atoms with Crippen molar-refractivity contribution in [2.75, 3.05) is 45.3 Å². The molecule has 1 aromatic carbocycles. The topological polar surface area (TPSA) is 124 Å². The SMILES string of the molecule is C=NN(C=NC)c1ncc(OC)c2c(C(=O)C(=O)N3CCN(C(=O)c4ccccc4)CC3)c[nH]c12. The number of hydrogen-bond acceptors (Lipinski definition) is 7. The lowest BCUT2D eigenvalue weighted by Crippen LogP contribution is -2.52. The van der Waals surface area contributed by atoms with Crippen molar-refractivity contribution in [1.29, 1.82) is 0 Å². The van der Waals surface area contributed by atoms with E-state index in [1.165, 1.54) is 35.8 Å². The molecule has 0 bridgehead atoms. The molecular formula is C24H25N7O4. The quantitative estimate of drug-likeness (QED) is 0.183. The maximum Gasteiger partial charge on any atom is 0.295 e. The van der Waals surface area contributed by atoms with Crippen molar-refractivity contribution in [3.63, 3.8) is 0 Å². The second kappa shape index (κ2) is 10.2. The first kappa shape index (κ1) is 23.6. The minimum absolute atomic E-state index is 0.0959. The number of benzene rings is 1. The number of pyridine rings is 1. The summed E-state index contributed by atoms with van der Waals surface area (Å²) in [4.78, 5) is 53.4. The average molecular weight is 476 g/mol. The van der Waals surface area contributed by atoms with Crippen LogP contribution >= 0.6 is 0 Å². The Bertz CT molecular complexity index is 1290. The third-order valence-corrected chi connectivity index (χ3v) is 5.78. The number of Topliss-reactive ketones (excluding diaryl/α,β-unsaturated/α-hetero) is 1. The van der Waals surface area contributed by atoms with Gasteiger partial charge in [0.05, 0.1) is 29.8 Å². The number of H-pyrrole nitrogens is 1. The van der Waals surface area contributed by atoms with E-state index in [2.05, 4.69) is 26.8 Å². The molecule has 0 saturated carbocycles. The van der Waals surface area contributed by atoms with Crippen LogP contribution in [-0.2, 0) is 4.79 Å². The van der Waals surface area contributed by atoms with E-state index < -0.39 is 11.7 Å². The predicted octanol–water partition coefficient (Wildman–Crippen LogP) is 1.82. The number of fused-ring (bicyclic) bond motifs is 1. The number of hydrazone groups is 1. The van der Waals surface area contributed by atoms with Crippen LogP contribution in [0.1, 0.15) is 20.7 Å². The number of piperazine rings is 1. The van der Waals surface area contributed by atoms with E-state index in [0.29, 0.717) is 41.1 Å². The van der Waals surface area contributed by atoms with Crippen molar-refractivity contribution in [2.24, 2.45) is 10.1 Å². The van der Waals surface area contributed by atoms with Gasteiger partial charge in [0.2, 0.25) is 0 Å². The number of aromatic nitrogens is 2. The van der Waals surface area contributed by atoms with Crippen LogP contribution in [0.2, 0.25) is 0 Å². The molecule has 11 nitrogen and oxygen atoms in total. The van der Waals surface area contributed by atoms with Crippen LogP contribution in [0.25, 0.3) is 10.9 Å². The Kier molecular flexibility index (Phi) is 6.86. The second-order valence-corrected chi connectivity index (χ2v) is 7.74. The molecule has 180 valence electrons. The largest absolute Gasteiger partial charge is 0.494 e. The van der Waals surface area contributed by atoms with Crippen molar-refractivity contribution in [3.8, 4) is 5.75 Å². The molecule has 1 fully saturated rings. The van der Waals surface area contributed by atoms with Gasteiger partial charge in [-0.2, -0.15) is 5.10 Å². The number of rotatable bonds is 7. The molecule has 3 aromatic rings. The molecule has 35 heavy (non-hydrogen) atoms. The average Bonchev–Trinajstić information content (AvgIpc) is 3.36. The van der Waals surface area contributed by atoms with Crippen molar-refractivity contribution >= 4 is 47.4 Å². The van der Waals surface area contributed by atoms with E-state index in [1.807, 2.05) is 18.2 Å². The second-order valence-electron chi connectivity index (χ2n) is 7.74. The molecule has 0 atom stereocenters. The molecule has 11 heteroatoms. The Morgan fingerprint density at radius 3 is 2.46 bits per heavy atom. The van der Waals surface area contributed by atoms with Crippen LogP contribution in [0.5, 0.6) is 5.75 Å². The Balaban J connectivity index is 1.55. The molecule has 0 radical (unpaired) electrons. The van der Waals surface area contributed by atoms with E-state index in [-0.39, 0.29) is 24.6 Å². The Morgan fingerprint density at radius 1 is 1.14 bits per heavy atom. The zero-order chi connectivity index (χ0) is 24.9. The molecule has 1 saturated heterocycles. The molecular weight excluding hydrogens is 450 g/mol. The number of ether oxygens (including phenoxy) is 1. The van der Waals surface area contributed by atoms with Gasteiger partial charge >= 0.3 is 0 Å². The van der Waals surface area contributed by atoms with E-state index >= 15 is 0 Å². The number of carbonyl (C=O) groups excluding carboxylic acids is 3.